The Balaban J connectivity index is 1.89. The lowest BCUT2D eigenvalue weighted by Crippen LogP contribution is -2.36. The number of nitrogens with zero attached hydrogens (tertiary/aromatic N) is 2. The molecular weight excluding hydrogens is 286 g/mol. The lowest BCUT2D eigenvalue weighted by atomic mass is 10.0. The smallest absolute Gasteiger partial charge is 0.277 e. The van der Waals surface area contributed by atoms with E-state index >= 15 is 0 Å². The van der Waals surface area contributed by atoms with Gasteiger partial charge in [0.2, 0.25) is 0 Å². The molecule has 3 rings (SSSR count). The maximum atomic E-state index is 12.6. The summed E-state index contributed by atoms with van der Waals surface area (Å²) in [5, 5.41) is 5.53. The van der Waals surface area contributed by atoms with Crippen LogP contribution >= 0.6 is 0 Å². The van der Waals surface area contributed by atoms with E-state index in [9.17, 15) is 4.79 Å². The standard InChI is InChI=1S/C19H21N3O/c1-3-20-11-12-22-14(2)21-18(19(22)23)13-16-9-6-8-15-7-4-5-10-17(15)16/h4-10,13,20H,3,11-12H2,1-2H3/b18-13-. The fraction of sp³-hybridized carbons (Fsp3) is 0.263. The number of carbonyl (C=O) groups is 1. The Hall–Kier alpha value is -2.46. The minimum Gasteiger partial charge on any atom is -0.315 e. The number of nitrogens with one attached hydrogen (secondary N) is 1. The Morgan fingerprint density at radius 3 is 2.78 bits per heavy atom. The number of likely N-dealkylation sites (N-methyl/N-ethyl adjacent to an activating group) is 1. The van der Waals surface area contributed by atoms with Crippen molar-refractivity contribution in [3.63, 3.8) is 0 Å². The maximum Gasteiger partial charge on any atom is 0.277 e. The number of amidine groups is 1. The van der Waals surface area contributed by atoms with Crippen molar-refractivity contribution in [3.8, 4) is 0 Å². The molecule has 0 aromatic heterocycles. The van der Waals surface area contributed by atoms with Crippen molar-refractivity contribution < 1.29 is 4.79 Å². The fourth-order valence-corrected chi connectivity index (χ4v) is 2.82. The number of carbonyl (C=O) groups excluding carboxylic acids is 1. The van der Waals surface area contributed by atoms with Crippen LogP contribution in [0.3, 0.4) is 0 Å². The molecular formula is C19H21N3O. The van der Waals surface area contributed by atoms with Crippen molar-refractivity contribution in [1.82, 2.24) is 10.2 Å². The quantitative estimate of drug-likeness (QED) is 0.681. The van der Waals surface area contributed by atoms with Gasteiger partial charge in [-0.3, -0.25) is 9.69 Å². The SMILES string of the molecule is CCNCCN1C(=O)/C(=C/c2cccc3ccccc23)N=C1C. The number of hydrogen-bond acceptors (Lipinski definition) is 3. The molecule has 1 heterocycles. The summed E-state index contributed by atoms with van der Waals surface area (Å²) < 4.78 is 0. The second-order valence-electron chi connectivity index (χ2n) is 5.57. The van der Waals surface area contributed by atoms with Gasteiger partial charge in [0.05, 0.1) is 0 Å². The monoisotopic (exact) mass is 307 g/mol. The van der Waals surface area contributed by atoms with Crippen LogP contribution in [0, 0.1) is 0 Å². The topological polar surface area (TPSA) is 44.7 Å². The van der Waals surface area contributed by atoms with Crippen molar-refractivity contribution in [1.29, 1.82) is 0 Å². The molecule has 0 saturated heterocycles. The Labute approximate surface area is 136 Å². The highest BCUT2D eigenvalue weighted by Crippen LogP contribution is 2.23. The van der Waals surface area contributed by atoms with Gasteiger partial charge in [-0.15, -0.1) is 0 Å². The lowest BCUT2D eigenvalue weighted by Gasteiger charge is -2.15. The summed E-state index contributed by atoms with van der Waals surface area (Å²) in [5.41, 5.74) is 1.53. The number of rotatable bonds is 5. The zero-order valence-electron chi connectivity index (χ0n) is 13.5. The molecule has 0 unspecified atom stereocenters. The number of fused-ring (bicyclic) bond motifs is 1. The summed E-state index contributed by atoms with van der Waals surface area (Å²) in [6.45, 7) is 6.26. The number of hydrogen-bond donors (Lipinski definition) is 1. The largest absolute Gasteiger partial charge is 0.315 e. The number of benzene rings is 2. The molecule has 0 spiro atoms. The number of amides is 1. The first-order valence-corrected chi connectivity index (χ1v) is 7.98. The van der Waals surface area contributed by atoms with Gasteiger partial charge >= 0.3 is 0 Å². The zero-order chi connectivity index (χ0) is 16.2. The second kappa shape index (κ2) is 6.75. The lowest BCUT2D eigenvalue weighted by molar-refractivity contribution is -0.122. The van der Waals surface area contributed by atoms with Gasteiger partial charge in [0, 0.05) is 13.1 Å². The summed E-state index contributed by atoms with van der Waals surface area (Å²) in [6.07, 6.45) is 1.89. The van der Waals surface area contributed by atoms with E-state index in [4.69, 9.17) is 0 Å². The third-order valence-electron chi connectivity index (χ3n) is 4.01. The van der Waals surface area contributed by atoms with Crippen molar-refractivity contribution >= 4 is 28.6 Å². The van der Waals surface area contributed by atoms with Gasteiger partial charge in [0.1, 0.15) is 11.5 Å². The maximum absolute atomic E-state index is 12.6. The van der Waals surface area contributed by atoms with E-state index in [1.165, 1.54) is 0 Å². The van der Waals surface area contributed by atoms with E-state index in [0.717, 1.165) is 35.3 Å². The first-order valence-electron chi connectivity index (χ1n) is 7.98. The molecule has 0 atom stereocenters. The second-order valence-corrected chi connectivity index (χ2v) is 5.57. The van der Waals surface area contributed by atoms with Crippen molar-refractivity contribution in [2.45, 2.75) is 13.8 Å². The molecule has 23 heavy (non-hydrogen) atoms. The highest BCUT2D eigenvalue weighted by Gasteiger charge is 2.26. The van der Waals surface area contributed by atoms with Crippen LogP contribution in [-0.4, -0.2) is 36.3 Å². The van der Waals surface area contributed by atoms with Gasteiger partial charge < -0.3 is 5.32 Å². The van der Waals surface area contributed by atoms with E-state index in [0.29, 0.717) is 12.2 Å². The van der Waals surface area contributed by atoms with Crippen LogP contribution < -0.4 is 5.32 Å². The Morgan fingerprint density at radius 2 is 1.96 bits per heavy atom. The van der Waals surface area contributed by atoms with E-state index < -0.39 is 0 Å². The molecule has 0 aliphatic carbocycles. The van der Waals surface area contributed by atoms with Gasteiger partial charge in [0.15, 0.2) is 0 Å². The molecule has 1 amide bonds. The Kier molecular flexibility index (Phi) is 4.53. The Bertz CT molecular complexity index is 787. The first kappa shape index (κ1) is 15.4. The average molecular weight is 307 g/mol. The Morgan fingerprint density at radius 1 is 1.17 bits per heavy atom. The molecule has 1 aliphatic rings. The highest BCUT2D eigenvalue weighted by atomic mass is 16.2. The minimum absolute atomic E-state index is 0.0201. The normalized spacial score (nSPS) is 16.4. The molecule has 0 fully saturated rings. The van der Waals surface area contributed by atoms with Crippen LogP contribution in [0.25, 0.3) is 16.8 Å². The molecule has 2 aromatic rings. The average Bonchev–Trinajstić information content (AvgIpc) is 2.83. The molecule has 4 nitrogen and oxygen atoms in total. The molecule has 4 heteroatoms. The van der Waals surface area contributed by atoms with Crippen LogP contribution in [0.15, 0.2) is 53.2 Å². The van der Waals surface area contributed by atoms with E-state index in [2.05, 4.69) is 35.4 Å². The third kappa shape index (κ3) is 3.17. The van der Waals surface area contributed by atoms with E-state index in [1.54, 1.807) is 4.90 Å². The van der Waals surface area contributed by atoms with Gasteiger partial charge in [-0.1, -0.05) is 49.4 Å². The van der Waals surface area contributed by atoms with Crippen molar-refractivity contribution in [3.05, 3.63) is 53.7 Å². The molecule has 0 bridgehead atoms. The first-order chi connectivity index (χ1) is 11.2. The summed E-state index contributed by atoms with van der Waals surface area (Å²) in [5.74, 6) is 0.743. The molecule has 0 saturated carbocycles. The highest BCUT2D eigenvalue weighted by molar-refractivity contribution is 6.14. The van der Waals surface area contributed by atoms with Crippen LogP contribution in [0.1, 0.15) is 19.4 Å². The molecule has 1 N–H and O–H groups in total. The molecule has 0 radical (unpaired) electrons. The van der Waals surface area contributed by atoms with E-state index in [1.807, 2.05) is 37.3 Å². The van der Waals surface area contributed by atoms with Gasteiger partial charge in [0.25, 0.3) is 5.91 Å². The van der Waals surface area contributed by atoms with Gasteiger partial charge in [-0.2, -0.15) is 0 Å². The summed E-state index contributed by atoms with van der Waals surface area (Å²) in [7, 11) is 0. The van der Waals surface area contributed by atoms with Crippen LogP contribution in [0.2, 0.25) is 0 Å². The summed E-state index contributed by atoms with van der Waals surface area (Å²) in [4.78, 5) is 18.8. The van der Waals surface area contributed by atoms with Crippen LogP contribution in [0.4, 0.5) is 0 Å². The van der Waals surface area contributed by atoms with Gasteiger partial charge in [-0.25, -0.2) is 4.99 Å². The summed E-state index contributed by atoms with van der Waals surface area (Å²) >= 11 is 0. The fourth-order valence-electron chi connectivity index (χ4n) is 2.82. The van der Waals surface area contributed by atoms with Crippen LogP contribution in [-0.2, 0) is 4.79 Å². The van der Waals surface area contributed by atoms with Gasteiger partial charge in [-0.05, 0) is 35.9 Å². The zero-order valence-corrected chi connectivity index (χ0v) is 13.5. The van der Waals surface area contributed by atoms with Crippen molar-refractivity contribution in [2.24, 2.45) is 4.99 Å². The molecule has 2 aromatic carbocycles. The number of aliphatic imine (C=N–C) groups is 1. The molecule has 1 aliphatic heterocycles. The predicted octanol–water partition coefficient (Wildman–Crippen LogP) is 3.05. The molecule has 118 valence electrons. The predicted molar refractivity (Wildman–Crippen MR) is 95.3 cm³/mol. The summed E-state index contributed by atoms with van der Waals surface area (Å²) in [6, 6.07) is 14.3. The van der Waals surface area contributed by atoms with E-state index in [-0.39, 0.29) is 5.91 Å². The minimum atomic E-state index is -0.0201. The van der Waals surface area contributed by atoms with Crippen molar-refractivity contribution in [2.75, 3.05) is 19.6 Å². The third-order valence-corrected chi connectivity index (χ3v) is 4.01. The van der Waals surface area contributed by atoms with Crippen LogP contribution in [0.5, 0.6) is 0 Å².